The van der Waals surface area contributed by atoms with Crippen LogP contribution >= 0.6 is 0 Å². The van der Waals surface area contributed by atoms with Crippen LogP contribution in [-0.4, -0.2) is 16.9 Å². The molecule has 22 heavy (non-hydrogen) atoms. The Labute approximate surface area is 127 Å². The molecule has 0 aliphatic rings. The lowest BCUT2D eigenvalue weighted by atomic mass is 10.1. The first-order valence-electron chi connectivity index (χ1n) is 6.97. The van der Waals surface area contributed by atoms with Gasteiger partial charge in [-0.25, -0.2) is 4.79 Å². The van der Waals surface area contributed by atoms with Crippen molar-refractivity contribution in [2.24, 2.45) is 0 Å². The molecule has 1 heterocycles. The molecular weight excluding hydrogens is 278 g/mol. The van der Waals surface area contributed by atoms with Gasteiger partial charge in [-0.05, 0) is 24.6 Å². The zero-order valence-corrected chi connectivity index (χ0v) is 12.2. The van der Waals surface area contributed by atoms with Crippen LogP contribution in [0.15, 0.2) is 54.7 Å². The van der Waals surface area contributed by atoms with E-state index in [0.29, 0.717) is 11.1 Å². The summed E-state index contributed by atoms with van der Waals surface area (Å²) in [6, 6.07) is 15.1. The zero-order valence-electron chi connectivity index (χ0n) is 12.2. The number of aryl methyl sites for hydroxylation is 1. The number of carbonyl (C=O) groups excluding carboxylic acids is 2. The van der Waals surface area contributed by atoms with Crippen molar-refractivity contribution in [1.82, 2.24) is 4.57 Å². The summed E-state index contributed by atoms with van der Waals surface area (Å²) in [7, 11) is 0. The fourth-order valence-electron chi connectivity index (χ4n) is 2.40. The summed E-state index contributed by atoms with van der Waals surface area (Å²) in [5.74, 6) is 0. The maximum atomic E-state index is 12.3. The Morgan fingerprint density at radius 1 is 1.18 bits per heavy atom. The molecule has 0 unspecified atom stereocenters. The monoisotopic (exact) mass is 293 g/mol. The fraction of sp³-hybridized carbons (Fsp3) is 0.111. The molecule has 0 atom stereocenters. The lowest BCUT2D eigenvalue weighted by Gasteiger charge is -2.06. The quantitative estimate of drug-likeness (QED) is 0.687. The molecule has 0 bridgehead atoms. The molecule has 0 N–H and O–H groups in total. The van der Waals surface area contributed by atoms with Gasteiger partial charge in [-0.1, -0.05) is 42.0 Å². The molecule has 0 spiro atoms. The standard InChI is InChI=1S/C18H15NO3/c1-13-7-8-17-16(9-13)15(11-20)10-19(17)18(21)22-12-14-5-3-2-4-6-14/h2-11H,12H2,1H3. The van der Waals surface area contributed by atoms with E-state index in [4.69, 9.17) is 4.74 Å². The summed E-state index contributed by atoms with van der Waals surface area (Å²) in [4.78, 5) is 23.5. The molecule has 0 radical (unpaired) electrons. The van der Waals surface area contributed by atoms with Gasteiger partial charge < -0.3 is 4.74 Å². The Morgan fingerprint density at radius 3 is 2.68 bits per heavy atom. The topological polar surface area (TPSA) is 48.3 Å². The first-order valence-corrected chi connectivity index (χ1v) is 6.97. The molecule has 0 fully saturated rings. The highest BCUT2D eigenvalue weighted by Crippen LogP contribution is 2.22. The molecule has 110 valence electrons. The number of carbonyl (C=O) groups is 2. The summed E-state index contributed by atoms with van der Waals surface area (Å²) in [6.45, 7) is 2.14. The van der Waals surface area contributed by atoms with Gasteiger partial charge >= 0.3 is 6.09 Å². The number of hydrogen-bond acceptors (Lipinski definition) is 3. The number of nitrogens with zero attached hydrogens (tertiary/aromatic N) is 1. The highest BCUT2D eigenvalue weighted by Gasteiger charge is 2.14. The van der Waals surface area contributed by atoms with Crippen LogP contribution in [0.1, 0.15) is 21.5 Å². The van der Waals surface area contributed by atoms with Crippen molar-refractivity contribution in [1.29, 1.82) is 0 Å². The second-order valence-electron chi connectivity index (χ2n) is 5.13. The average Bonchev–Trinajstić information content (AvgIpc) is 2.91. The minimum absolute atomic E-state index is 0.196. The minimum atomic E-state index is -0.495. The maximum Gasteiger partial charge on any atom is 0.418 e. The van der Waals surface area contributed by atoms with Gasteiger partial charge in [-0.3, -0.25) is 9.36 Å². The van der Waals surface area contributed by atoms with Gasteiger partial charge in [0.05, 0.1) is 5.52 Å². The molecule has 1 aromatic heterocycles. The lowest BCUT2D eigenvalue weighted by molar-refractivity contribution is 0.112. The molecule has 4 heteroatoms. The predicted molar refractivity (Wildman–Crippen MR) is 84.1 cm³/mol. The van der Waals surface area contributed by atoms with E-state index in [-0.39, 0.29) is 6.61 Å². The maximum absolute atomic E-state index is 12.3. The molecule has 0 amide bonds. The van der Waals surface area contributed by atoms with E-state index < -0.39 is 6.09 Å². The van der Waals surface area contributed by atoms with Crippen molar-refractivity contribution in [2.75, 3.05) is 0 Å². The molecular formula is C18H15NO3. The van der Waals surface area contributed by atoms with Crippen molar-refractivity contribution in [2.45, 2.75) is 13.5 Å². The van der Waals surface area contributed by atoms with Crippen molar-refractivity contribution in [3.05, 3.63) is 71.4 Å². The van der Waals surface area contributed by atoms with Crippen molar-refractivity contribution in [3.63, 3.8) is 0 Å². The molecule has 0 saturated heterocycles. The summed E-state index contributed by atoms with van der Waals surface area (Å²) >= 11 is 0. The van der Waals surface area contributed by atoms with Gasteiger partial charge in [-0.15, -0.1) is 0 Å². The Balaban J connectivity index is 1.89. The van der Waals surface area contributed by atoms with E-state index >= 15 is 0 Å². The van der Waals surface area contributed by atoms with Gasteiger partial charge in [0.25, 0.3) is 0 Å². The van der Waals surface area contributed by atoms with Crippen LogP contribution in [0.4, 0.5) is 4.79 Å². The third kappa shape index (κ3) is 2.63. The van der Waals surface area contributed by atoms with E-state index in [1.54, 1.807) is 0 Å². The first-order chi connectivity index (χ1) is 10.7. The van der Waals surface area contributed by atoms with Crippen LogP contribution in [0.2, 0.25) is 0 Å². The average molecular weight is 293 g/mol. The van der Waals surface area contributed by atoms with Crippen LogP contribution in [-0.2, 0) is 11.3 Å². The Hall–Kier alpha value is -2.88. The number of hydrogen-bond donors (Lipinski definition) is 0. The summed E-state index contributed by atoms with van der Waals surface area (Å²) in [5, 5.41) is 0.756. The summed E-state index contributed by atoms with van der Waals surface area (Å²) in [6.07, 6.45) is 1.78. The van der Waals surface area contributed by atoms with Gasteiger partial charge in [0.1, 0.15) is 6.61 Å². The van der Waals surface area contributed by atoms with E-state index in [2.05, 4.69) is 0 Å². The number of rotatable bonds is 3. The fourth-order valence-corrected chi connectivity index (χ4v) is 2.40. The molecule has 2 aromatic carbocycles. The van der Waals surface area contributed by atoms with Gasteiger partial charge in [0.2, 0.25) is 0 Å². The highest BCUT2D eigenvalue weighted by atomic mass is 16.5. The van der Waals surface area contributed by atoms with Crippen molar-refractivity contribution >= 4 is 23.3 Å². The largest absolute Gasteiger partial charge is 0.444 e. The number of benzene rings is 2. The molecule has 0 aliphatic heterocycles. The minimum Gasteiger partial charge on any atom is -0.444 e. The third-order valence-corrected chi connectivity index (χ3v) is 3.52. The van der Waals surface area contributed by atoms with E-state index in [9.17, 15) is 9.59 Å². The van der Waals surface area contributed by atoms with E-state index in [0.717, 1.165) is 22.8 Å². The smallest absolute Gasteiger partial charge is 0.418 e. The second kappa shape index (κ2) is 5.85. The molecule has 0 saturated carbocycles. The van der Waals surface area contributed by atoms with E-state index in [1.807, 2.05) is 55.5 Å². The Morgan fingerprint density at radius 2 is 1.95 bits per heavy atom. The van der Waals surface area contributed by atoms with Crippen LogP contribution < -0.4 is 0 Å². The highest BCUT2D eigenvalue weighted by molar-refractivity contribution is 6.01. The number of aldehydes is 1. The molecule has 3 aromatic rings. The Bertz CT molecular complexity index is 834. The van der Waals surface area contributed by atoms with Crippen molar-refractivity contribution in [3.8, 4) is 0 Å². The van der Waals surface area contributed by atoms with Gasteiger partial charge in [-0.2, -0.15) is 0 Å². The van der Waals surface area contributed by atoms with E-state index in [1.165, 1.54) is 10.8 Å². The van der Waals surface area contributed by atoms with Crippen LogP contribution in [0.5, 0.6) is 0 Å². The van der Waals surface area contributed by atoms with Crippen LogP contribution in [0, 0.1) is 6.92 Å². The first kappa shape index (κ1) is 14.1. The van der Waals surface area contributed by atoms with Gasteiger partial charge in [0.15, 0.2) is 6.29 Å². The summed E-state index contributed by atoms with van der Waals surface area (Å²) in [5.41, 5.74) is 3.10. The SMILES string of the molecule is Cc1ccc2c(c1)c(C=O)cn2C(=O)OCc1ccccc1. The molecule has 4 nitrogen and oxygen atoms in total. The summed E-state index contributed by atoms with van der Waals surface area (Å²) < 4.78 is 6.69. The number of ether oxygens (including phenoxy) is 1. The predicted octanol–water partition coefficient (Wildman–Crippen LogP) is 3.95. The Kier molecular flexibility index (Phi) is 3.74. The normalized spacial score (nSPS) is 10.6. The molecule has 0 aliphatic carbocycles. The van der Waals surface area contributed by atoms with Crippen LogP contribution in [0.25, 0.3) is 10.9 Å². The number of aromatic nitrogens is 1. The lowest BCUT2D eigenvalue weighted by Crippen LogP contribution is -2.12. The zero-order chi connectivity index (χ0) is 15.5. The third-order valence-electron chi connectivity index (χ3n) is 3.52. The molecule has 3 rings (SSSR count). The number of fused-ring (bicyclic) bond motifs is 1. The van der Waals surface area contributed by atoms with Gasteiger partial charge in [0, 0.05) is 17.1 Å². The van der Waals surface area contributed by atoms with Crippen LogP contribution in [0.3, 0.4) is 0 Å². The second-order valence-corrected chi connectivity index (χ2v) is 5.13. The van der Waals surface area contributed by atoms with Crippen molar-refractivity contribution < 1.29 is 14.3 Å².